The average Bonchev–Trinajstić information content (AvgIpc) is 3.03. The number of imide groups is 1. The van der Waals surface area contributed by atoms with Crippen LogP contribution in [-0.4, -0.2) is 42.3 Å². The SMILES string of the molecule is CCN[C@@H](CCC(=O)NC(=O)OCC1c2ccccc2-c2ccccc21)C(=O)O. The molecule has 0 saturated carbocycles. The first-order valence-corrected chi connectivity index (χ1v) is 9.62. The van der Waals surface area contributed by atoms with Crippen LogP contribution in [0.1, 0.15) is 36.8 Å². The van der Waals surface area contributed by atoms with Crippen molar-refractivity contribution in [3.05, 3.63) is 59.7 Å². The maximum atomic E-state index is 12.1. The summed E-state index contributed by atoms with van der Waals surface area (Å²) in [4.78, 5) is 35.1. The summed E-state index contributed by atoms with van der Waals surface area (Å²) in [6.45, 7) is 2.37. The number of amides is 2. The fraction of sp³-hybridized carbons (Fsp3) is 0.318. The van der Waals surface area contributed by atoms with Crippen molar-refractivity contribution >= 4 is 18.0 Å². The van der Waals surface area contributed by atoms with Gasteiger partial charge in [-0.2, -0.15) is 0 Å². The number of likely N-dealkylation sites (N-methyl/N-ethyl adjacent to an activating group) is 1. The Morgan fingerprint density at radius 1 is 1.03 bits per heavy atom. The molecule has 152 valence electrons. The quantitative estimate of drug-likeness (QED) is 0.634. The lowest BCUT2D eigenvalue weighted by molar-refractivity contribution is -0.139. The van der Waals surface area contributed by atoms with Crippen LogP contribution in [0.4, 0.5) is 4.79 Å². The fourth-order valence-corrected chi connectivity index (χ4v) is 3.65. The molecule has 0 spiro atoms. The van der Waals surface area contributed by atoms with Gasteiger partial charge in [-0.15, -0.1) is 0 Å². The molecule has 0 fully saturated rings. The van der Waals surface area contributed by atoms with Crippen molar-refractivity contribution in [3.63, 3.8) is 0 Å². The molecule has 0 radical (unpaired) electrons. The predicted molar refractivity (Wildman–Crippen MR) is 108 cm³/mol. The number of fused-ring (bicyclic) bond motifs is 3. The average molecular weight is 396 g/mol. The third kappa shape index (κ3) is 4.81. The summed E-state index contributed by atoms with van der Waals surface area (Å²) in [5.74, 6) is -1.68. The van der Waals surface area contributed by atoms with E-state index in [0.717, 1.165) is 22.3 Å². The van der Waals surface area contributed by atoms with Gasteiger partial charge in [-0.05, 0) is 35.2 Å². The lowest BCUT2D eigenvalue weighted by Gasteiger charge is -2.15. The zero-order valence-corrected chi connectivity index (χ0v) is 16.2. The van der Waals surface area contributed by atoms with Crippen LogP contribution >= 0.6 is 0 Å². The normalized spacial score (nSPS) is 13.3. The predicted octanol–water partition coefficient (Wildman–Crippen LogP) is 2.89. The first-order valence-electron chi connectivity index (χ1n) is 9.62. The van der Waals surface area contributed by atoms with Crippen molar-refractivity contribution in [1.29, 1.82) is 0 Å². The van der Waals surface area contributed by atoms with E-state index in [-0.39, 0.29) is 25.4 Å². The topological polar surface area (TPSA) is 105 Å². The Morgan fingerprint density at radius 3 is 2.17 bits per heavy atom. The number of carbonyl (C=O) groups is 3. The van der Waals surface area contributed by atoms with E-state index in [1.54, 1.807) is 6.92 Å². The van der Waals surface area contributed by atoms with Crippen LogP contribution in [0.3, 0.4) is 0 Å². The summed E-state index contributed by atoms with van der Waals surface area (Å²) < 4.78 is 5.31. The van der Waals surface area contributed by atoms with Crippen LogP contribution in [0.5, 0.6) is 0 Å². The van der Waals surface area contributed by atoms with E-state index in [1.165, 1.54) is 0 Å². The number of aliphatic carboxylic acids is 1. The largest absolute Gasteiger partial charge is 0.480 e. The van der Waals surface area contributed by atoms with Gasteiger partial charge in [-0.25, -0.2) is 4.79 Å². The molecule has 0 heterocycles. The number of hydrogen-bond donors (Lipinski definition) is 3. The zero-order chi connectivity index (χ0) is 20.8. The number of carboxylic acids is 1. The molecule has 7 heteroatoms. The summed E-state index contributed by atoms with van der Waals surface area (Å²) in [6.07, 6.45) is -0.827. The highest BCUT2D eigenvalue weighted by atomic mass is 16.5. The molecule has 29 heavy (non-hydrogen) atoms. The molecule has 2 amide bonds. The van der Waals surface area contributed by atoms with Gasteiger partial charge in [0.2, 0.25) is 5.91 Å². The molecule has 0 aliphatic heterocycles. The van der Waals surface area contributed by atoms with Crippen molar-refractivity contribution < 1.29 is 24.2 Å². The number of ether oxygens (including phenoxy) is 1. The van der Waals surface area contributed by atoms with Gasteiger partial charge < -0.3 is 15.2 Å². The molecule has 1 aliphatic rings. The highest BCUT2D eigenvalue weighted by Gasteiger charge is 2.29. The zero-order valence-electron chi connectivity index (χ0n) is 16.2. The lowest BCUT2D eigenvalue weighted by atomic mass is 9.98. The van der Waals surface area contributed by atoms with Crippen molar-refractivity contribution in [3.8, 4) is 11.1 Å². The molecule has 7 nitrogen and oxygen atoms in total. The Balaban J connectivity index is 1.55. The van der Waals surface area contributed by atoms with Gasteiger partial charge in [0, 0.05) is 12.3 Å². The summed E-state index contributed by atoms with van der Waals surface area (Å²) in [7, 11) is 0. The highest BCUT2D eigenvalue weighted by Crippen LogP contribution is 2.44. The lowest BCUT2D eigenvalue weighted by Crippen LogP contribution is -2.38. The second-order valence-electron chi connectivity index (χ2n) is 6.86. The van der Waals surface area contributed by atoms with Crippen molar-refractivity contribution in [2.24, 2.45) is 0 Å². The highest BCUT2D eigenvalue weighted by molar-refractivity contribution is 5.92. The summed E-state index contributed by atoms with van der Waals surface area (Å²) in [6, 6.07) is 15.1. The van der Waals surface area contributed by atoms with Crippen LogP contribution < -0.4 is 10.6 Å². The summed E-state index contributed by atoms with van der Waals surface area (Å²) in [5.41, 5.74) is 4.41. The Hall–Kier alpha value is -3.19. The second kappa shape index (κ2) is 9.34. The van der Waals surface area contributed by atoms with E-state index in [4.69, 9.17) is 9.84 Å². The first kappa shape index (κ1) is 20.5. The Bertz CT molecular complexity index is 866. The minimum absolute atomic E-state index is 0.0890. The molecule has 0 aromatic heterocycles. The van der Waals surface area contributed by atoms with Gasteiger partial charge in [0.1, 0.15) is 12.6 Å². The molecule has 3 rings (SSSR count). The van der Waals surface area contributed by atoms with Crippen molar-refractivity contribution in [1.82, 2.24) is 10.6 Å². The van der Waals surface area contributed by atoms with Gasteiger partial charge >= 0.3 is 12.1 Å². The molecule has 3 N–H and O–H groups in total. The number of hydrogen-bond acceptors (Lipinski definition) is 5. The molecule has 2 aromatic carbocycles. The minimum Gasteiger partial charge on any atom is -0.480 e. The Morgan fingerprint density at radius 2 is 1.62 bits per heavy atom. The molecule has 1 aliphatic carbocycles. The van der Waals surface area contributed by atoms with Gasteiger partial charge in [-0.3, -0.25) is 14.9 Å². The molecule has 1 atom stereocenters. The van der Waals surface area contributed by atoms with E-state index in [1.807, 2.05) is 48.5 Å². The van der Waals surface area contributed by atoms with Crippen molar-refractivity contribution in [2.45, 2.75) is 31.7 Å². The second-order valence-corrected chi connectivity index (χ2v) is 6.86. The standard InChI is InChI=1S/C22H24N2O5/c1-2-23-19(21(26)27)11-12-20(25)24-22(28)29-13-18-16-9-5-3-7-14(16)15-8-4-6-10-17(15)18/h3-10,18-19,23H,2,11-13H2,1H3,(H,26,27)(H,24,25,28)/t19-/m0/s1. The molecular formula is C22H24N2O5. The molecule has 0 saturated heterocycles. The van der Waals surface area contributed by atoms with Gasteiger partial charge in [0.05, 0.1) is 0 Å². The van der Waals surface area contributed by atoms with E-state index in [2.05, 4.69) is 10.6 Å². The number of carboxylic acid groups (broad SMARTS) is 1. The summed E-state index contributed by atoms with van der Waals surface area (Å²) >= 11 is 0. The van der Waals surface area contributed by atoms with E-state index in [0.29, 0.717) is 6.54 Å². The first-order chi connectivity index (χ1) is 14.0. The van der Waals surface area contributed by atoms with Gasteiger partial charge in [0.15, 0.2) is 0 Å². The van der Waals surface area contributed by atoms with Crippen LogP contribution in [-0.2, 0) is 14.3 Å². The minimum atomic E-state index is -1.03. The van der Waals surface area contributed by atoms with E-state index >= 15 is 0 Å². The number of alkyl carbamates (subject to hydrolysis) is 1. The third-order valence-corrected chi connectivity index (χ3v) is 4.99. The molecular weight excluding hydrogens is 372 g/mol. The van der Waals surface area contributed by atoms with Gasteiger partial charge in [0.25, 0.3) is 0 Å². The third-order valence-electron chi connectivity index (χ3n) is 4.99. The van der Waals surface area contributed by atoms with Crippen molar-refractivity contribution in [2.75, 3.05) is 13.2 Å². The smallest absolute Gasteiger partial charge is 0.413 e. The van der Waals surface area contributed by atoms with Crippen LogP contribution in [0.15, 0.2) is 48.5 Å². The molecule has 2 aromatic rings. The Labute approximate surface area is 169 Å². The van der Waals surface area contributed by atoms with Crippen LogP contribution in [0.2, 0.25) is 0 Å². The monoisotopic (exact) mass is 396 g/mol. The van der Waals surface area contributed by atoms with E-state index in [9.17, 15) is 14.4 Å². The molecule has 0 unspecified atom stereocenters. The number of rotatable bonds is 8. The maximum absolute atomic E-state index is 12.1. The van der Waals surface area contributed by atoms with Gasteiger partial charge in [-0.1, -0.05) is 55.5 Å². The fourth-order valence-electron chi connectivity index (χ4n) is 3.65. The summed E-state index contributed by atoms with van der Waals surface area (Å²) in [5, 5.41) is 14.0. The number of nitrogens with one attached hydrogen (secondary N) is 2. The molecule has 0 bridgehead atoms. The number of carbonyl (C=O) groups excluding carboxylic acids is 2. The Kier molecular flexibility index (Phi) is 6.61. The van der Waals surface area contributed by atoms with E-state index < -0.39 is 24.0 Å². The number of benzene rings is 2. The van der Waals surface area contributed by atoms with Crippen LogP contribution in [0, 0.1) is 0 Å². The maximum Gasteiger partial charge on any atom is 0.413 e. The van der Waals surface area contributed by atoms with Crippen LogP contribution in [0.25, 0.3) is 11.1 Å².